The Labute approximate surface area is 83.4 Å². The predicted octanol–water partition coefficient (Wildman–Crippen LogP) is 2.70. The van der Waals surface area contributed by atoms with Crippen molar-refractivity contribution in [2.75, 3.05) is 6.07 Å². The van der Waals surface area contributed by atoms with Crippen LogP contribution in [-0.2, 0) is 9.47 Å². The molecule has 66 valence electrons. The quantitative estimate of drug-likeness (QED) is 0.563. The van der Waals surface area contributed by atoms with Crippen LogP contribution in [0.4, 0.5) is 4.79 Å². The molecule has 0 aromatic heterocycles. The van der Waals surface area contributed by atoms with Crippen molar-refractivity contribution in [2.45, 2.75) is 10.4 Å². The molecule has 0 amide bonds. The van der Waals surface area contributed by atoms with E-state index in [2.05, 4.69) is 9.47 Å². The zero-order chi connectivity index (χ0) is 8.85. The zero-order valence-electron chi connectivity index (χ0n) is 5.10. The van der Waals surface area contributed by atoms with Crippen molar-refractivity contribution in [2.24, 2.45) is 0 Å². The van der Waals surface area contributed by atoms with Gasteiger partial charge in [0.15, 0.2) is 10.9 Å². The van der Waals surface area contributed by atoms with E-state index in [9.17, 15) is 4.79 Å². The van der Waals surface area contributed by atoms with E-state index < -0.39 is 16.6 Å². The summed E-state index contributed by atoms with van der Waals surface area (Å²) >= 11 is 20.8. The lowest BCUT2D eigenvalue weighted by Crippen LogP contribution is -2.18. The Morgan fingerprint density at radius 2 is 1.91 bits per heavy atom. The summed E-state index contributed by atoms with van der Waals surface area (Å²) in [5.74, 6) is 0. The van der Waals surface area contributed by atoms with Crippen molar-refractivity contribution >= 4 is 52.6 Å². The first-order valence-corrected chi connectivity index (χ1v) is 4.24. The first-order valence-electron chi connectivity index (χ1n) is 2.39. The molecule has 0 aromatic carbocycles. The molecule has 0 saturated heterocycles. The molecule has 0 aliphatic rings. The fraction of sp³-hybridized carbons (Fsp3) is 0.750. The van der Waals surface area contributed by atoms with E-state index in [4.69, 9.17) is 46.4 Å². The van der Waals surface area contributed by atoms with Crippen LogP contribution in [0.3, 0.4) is 0 Å². The SMILES string of the molecule is O=C(OCCl)OC(Cl)C(Cl)Cl. The molecule has 0 aromatic rings. The Hall–Kier alpha value is 0.430. The van der Waals surface area contributed by atoms with Crippen molar-refractivity contribution in [1.29, 1.82) is 0 Å². The maximum atomic E-state index is 10.4. The van der Waals surface area contributed by atoms with E-state index in [1.807, 2.05) is 0 Å². The minimum atomic E-state index is -1.13. The van der Waals surface area contributed by atoms with Crippen LogP contribution in [0.5, 0.6) is 0 Å². The van der Waals surface area contributed by atoms with Crippen molar-refractivity contribution in [3.05, 3.63) is 0 Å². The third-order valence-corrected chi connectivity index (χ3v) is 1.75. The van der Waals surface area contributed by atoms with Crippen molar-refractivity contribution < 1.29 is 14.3 Å². The monoisotopic (exact) mass is 240 g/mol. The third kappa shape index (κ3) is 5.67. The highest BCUT2D eigenvalue weighted by Gasteiger charge is 2.18. The maximum absolute atomic E-state index is 10.4. The number of hydrogen-bond acceptors (Lipinski definition) is 3. The topological polar surface area (TPSA) is 35.5 Å². The Kier molecular flexibility index (Phi) is 6.24. The largest absolute Gasteiger partial charge is 0.511 e. The smallest absolute Gasteiger partial charge is 0.418 e. The van der Waals surface area contributed by atoms with Crippen molar-refractivity contribution in [1.82, 2.24) is 0 Å². The summed E-state index contributed by atoms with van der Waals surface area (Å²) in [6.07, 6.45) is -1.01. The van der Waals surface area contributed by atoms with Crippen LogP contribution < -0.4 is 0 Å². The van der Waals surface area contributed by atoms with Crippen LogP contribution in [0.2, 0.25) is 0 Å². The molecule has 0 fully saturated rings. The summed E-state index contributed by atoms with van der Waals surface area (Å²) in [5.41, 5.74) is -1.13. The molecule has 0 N–H and O–H groups in total. The van der Waals surface area contributed by atoms with Crippen LogP contribution in [-0.4, -0.2) is 22.6 Å². The third-order valence-electron chi connectivity index (χ3n) is 0.579. The van der Waals surface area contributed by atoms with E-state index in [-0.39, 0.29) is 6.07 Å². The summed E-state index contributed by atoms with van der Waals surface area (Å²) in [7, 11) is 0. The van der Waals surface area contributed by atoms with Gasteiger partial charge in [0.05, 0.1) is 0 Å². The highest BCUT2D eigenvalue weighted by molar-refractivity contribution is 6.48. The van der Waals surface area contributed by atoms with Gasteiger partial charge < -0.3 is 9.47 Å². The molecule has 0 rings (SSSR count). The van der Waals surface area contributed by atoms with Crippen LogP contribution in [0.25, 0.3) is 0 Å². The molecule has 1 unspecified atom stereocenters. The van der Waals surface area contributed by atoms with Gasteiger partial charge in [-0.15, -0.1) is 0 Å². The molecule has 0 radical (unpaired) electrons. The lowest BCUT2D eigenvalue weighted by molar-refractivity contribution is 0.0605. The fourth-order valence-corrected chi connectivity index (χ4v) is 0.487. The standard InChI is InChI=1S/C4H4Cl4O3/c5-1-10-4(9)11-3(8)2(6)7/h2-3H,1H2. The molecular formula is C4H4Cl4O3. The van der Waals surface area contributed by atoms with E-state index in [0.717, 1.165) is 0 Å². The average Bonchev–Trinajstić information content (AvgIpc) is 1.87. The molecule has 0 aliphatic heterocycles. The van der Waals surface area contributed by atoms with Gasteiger partial charge in [-0.05, 0) is 0 Å². The number of hydrogen-bond donors (Lipinski definition) is 0. The van der Waals surface area contributed by atoms with Gasteiger partial charge in [0.25, 0.3) is 0 Å². The van der Waals surface area contributed by atoms with Crippen LogP contribution in [0, 0.1) is 0 Å². The average molecular weight is 242 g/mol. The van der Waals surface area contributed by atoms with Crippen molar-refractivity contribution in [3.63, 3.8) is 0 Å². The van der Waals surface area contributed by atoms with Gasteiger partial charge in [-0.25, -0.2) is 4.79 Å². The van der Waals surface area contributed by atoms with E-state index >= 15 is 0 Å². The molecule has 0 heterocycles. The van der Waals surface area contributed by atoms with E-state index in [1.165, 1.54) is 0 Å². The summed E-state index contributed by atoms with van der Waals surface area (Å²) in [5, 5.41) is 0. The van der Waals surface area contributed by atoms with Gasteiger partial charge in [-0.2, -0.15) is 0 Å². The Bertz CT molecular complexity index is 129. The first-order chi connectivity index (χ1) is 5.07. The van der Waals surface area contributed by atoms with Gasteiger partial charge in [0.2, 0.25) is 5.56 Å². The number of alkyl halides is 4. The Balaban J connectivity index is 3.57. The van der Waals surface area contributed by atoms with Gasteiger partial charge in [-0.1, -0.05) is 46.4 Å². The predicted molar refractivity (Wildman–Crippen MR) is 43.4 cm³/mol. The number of carbonyl (C=O) groups excluding carboxylic acids is 1. The van der Waals surface area contributed by atoms with Gasteiger partial charge in [-0.3, -0.25) is 0 Å². The molecule has 11 heavy (non-hydrogen) atoms. The molecule has 3 nitrogen and oxygen atoms in total. The fourth-order valence-electron chi connectivity index (χ4n) is 0.222. The second kappa shape index (κ2) is 6.00. The lowest BCUT2D eigenvalue weighted by atomic mass is 10.8. The molecule has 0 aliphatic carbocycles. The minimum absolute atomic E-state index is 0.308. The number of rotatable bonds is 3. The molecule has 1 atom stereocenters. The summed E-state index contributed by atoms with van der Waals surface area (Å²) in [6, 6.07) is -0.308. The highest BCUT2D eigenvalue weighted by atomic mass is 35.5. The summed E-state index contributed by atoms with van der Waals surface area (Å²) in [4.78, 5) is 9.43. The molecule has 7 heteroatoms. The first kappa shape index (κ1) is 11.4. The second-order valence-electron chi connectivity index (χ2n) is 1.31. The zero-order valence-corrected chi connectivity index (χ0v) is 8.12. The number of ether oxygens (including phenoxy) is 2. The Morgan fingerprint density at radius 3 is 2.27 bits per heavy atom. The van der Waals surface area contributed by atoms with Gasteiger partial charge >= 0.3 is 6.16 Å². The number of carbonyl (C=O) groups is 1. The van der Waals surface area contributed by atoms with Crippen LogP contribution >= 0.6 is 46.4 Å². The number of halogens is 4. The second-order valence-corrected chi connectivity index (χ2v) is 3.12. The molecular weight excluding hydrogens is 238 g/mol. The molecule has 0 saturated carbocycles. The maximum Gasteiger partial charge on any atom is 0.511 e. The highest BCUT2D eigenvalue weighted by Crippen LogP contribution is 2.15. The van der Waals surface area contributed by atoms with Gasteiger partial charge in [0.1, 0.15) is 0 Å². The van der Waals surface area contributed by atoms with E-state index in [1.54, 1.807) is 0 Å². The minimum Gasteiger partial charge on any atom is -0.418 e. The lowest BCUT2D eigenvalue weighted by Gasteiger charge is -2.09. The van der Waals surface area contributed by atoms with E-state index in [0.29, 0.717) is 0 Å². The normalized spacial score (nSPS) is 12.8. The van der Waals surface area contributed by atoms with Gasteiger partial charge in [0, 0.05) is 0 Å². The molecule has 0 spiro atoms. The summed E-state index contributed by atoms with van der Waals surface area (Å²) < 4.78 is 8.47. The molecule has 0 bridgehead atoms. The van der Waals surface area contributed by atoms with Crippen LogP contribution in [0.1, 0.15) is 0 Å². The van der Waals surface area contributed by atoms with Crippen LogP contribution in [0.15, 0.2) is 0 Å². The Morgan fingerprint density at radius 1 is 1.36 bits per heavy atom. The summed E-state index contributed by atoms with van der Waals surface area (Å²) in [6.45, 7) is 0. The van der Waals surface area contributed by atoms with Crippen molar-refractivity contribution in [3.8, 4) is 0 Å².